The van der Waals surface area contributed by atoms with E-state index < -0.39 is 0 Å². The number of aliphatic hydroxyl groups is 1. The van der Waals surface area contributed by atoms with Crippen LogP contribution in [0.15, 0.2) is 30.3 Å². The molecule has 0 radical (unpaired) electrons. The molecule has 0 unspecified atom stereocenters. The van der Waals surface area contributed by atoms with Crippen LogP contribution in [0.4, 0.5) is 5.82 Å². The van der Waals surface area contributed by atoms with Gasteiger partial charge in [0.15, 0.2) is 0 Å². The molecule has 22 heavy (non-hydrogen) atoms. The zero-order valence-electron chi connectivity index (χ0n) is 12.8. The molecular formula is C17H21N3O2. The molecule has 0 bridgehead atoms. The molecule has 1 saturated heterocycles. The SMILES string of the molecule is CN(CCO)C(=O)c1cc2ccccc2nc1N1CCCC1. The smallest absolute Gasteiger partial charge is 0.257 e. The Morgan fingerprint density at radius 3 is 2.77 bits per heavy atom. The summed E-state index contributed by atoms with van der Waals surface area (Å²) in [6.45, 7) is 2.16. The number of aliphatic hydroxyl groups excluding tert-OH is 1. The van der Waals surface area contributed by atoms with E-state index in [1.54, 1.807) is 11.9 Å². The van der Waals surface area contributed by atoms with Gasteiger partial charge in [-0.2, -0.15) is 0 Å². The monoisotopic (exact) mass is 299 g/mol. The van der Waals surface area contributed by atoms with Gasteiger partial charge in [-0.1, -0.05) is 18.2 Å². The predicted octanol–water partition coefficient (Wildman–Crippen LogP) is 1.90. The van der Waals surface area contributed by atoms with Crippen molar-refractivity contribution in [2.24, 2.45) is 0 Å². The summed E-state index contributed by atoms with van der Waals surface area (Å²) in [4.78, 5) is 21.2. The highest BCUT2D eigenvalue weighted by Gasteiger charge is 2.23. The maximum absolute atomic E-state index is 12.7. The van der Waals surface area contributed by atoms with Gasteiger partial charge in [0.25, 0.3) is 5.91 Å². The zero-order valence-corrected chi connectivity index (χ0v) is 12.8. The van der Waals surface area contributed by atoms with E-state index in [0.717, 1.165) is 42.7 Å². The number of hydrogen-bond donors (Lipinski definition) is 1. The molecule has 3 rings (SSSR count). The number of carbonyl (C=O) groups is 1. The number of pyridine rings is 1. The lowest BCUT2D eigenvalue weighted by Gasteiger charge is -2.23. The van der Waals surface area contributed by atoms with E-state index in [-0.39, 0.29) is 12.5 Å². The molecule has 2 aromatic rings. The maximum atomic E-state index is 12.7. The lowest BCUT2D eigenvalue weighted by atomic mass is 10.1. The highest BCUT2D eigenvalue weighted by Crippen LogP contribution is 2.27. The number of likely N-dealkylation sites (N-methyl/N-ethyl adjacent to an activating group) is 1. The van der Waals surface area contributed by atoms with E-state index in [4.69, 9.17) is 10.1 Å². The van der Waals surface area contributed by atoms with Crippen LogP contribution in [-0.2, 0) is 0 Å². The van der Waals surface area contributed by atoms with Crippen molar-refractivity contribution in [3.05, 3.63) is 35.9 Å². The summed E-state index contributed by atoms with van der Waals surface area (Å²) >= 11 is 0. The average Bonchev–Trinajstić information content (AvgIpc) is 3.07. The summed E-state index contributed by atoms with van der Waals surface area (Å²) in [6.07, 6.45) is 2.27. The fraction of sp³-hybridized carbons (Fsp3) is 0.412. The maximum Gasteiger partial charge on any atom is 0.257 e. The van der Waals surface area contributed by atoms with Crippen LogP contribution in [0.2, 0.25) is 0 Å². The van der Waals surface area contributed by atoms with Crippen LogP contribution in [0.3, 0.4) is 0 Å². The largest absolute Gasteiger partial charge is 0.395 e. The van der Waals surface area contributed by atoms with Crippen LogP contribution in [0.5, 0.6) is 0 Å². The molecule has 1 aliphatic heterocycles. The number of benzene rings is 1. The topological polar surface area (TPSA) is 56.7 Å². The Morgan fingerprint density at radius 1 is 1.32 bits per heavy atom. The minimum Gasteiger partial charge on any atom is -0.395 e. The number of para-hydroxylation sites is 1. The first-order valence-corrected chi connectivity index (χ1v) is 7.72. The molecule has 1 aliphatic rings. The summed E-state index contributed by atoms with van der Waals surface area (Å²) < 4.78 is 0. The summed E-state index contributed by atoms with van der Waals surface area (Å²) in [6, 6.07) is 9.78. The molecule has 0 aliphatic carbocycles. The Hall–Kier alpha value is -2.14. The molecule has 1 aromatic heterocycles. The number of anilines is 1. The van der Waals surface area contributed by atoms with Gasteiger partial charge in [-0.05, 0) is 25.0 Å². The Labute approximate surface area is 130 Å². The van der Waals surface area contributed by atoms with Crippen LogP contribution in [0, 0.1) is 0 Å². The first-order valence-electron chi connectivity index (χ1n) is 7.72. The number of aromatic nitrogens is 1. The van der Waals surface area contributed by atoms with Crippen molar-refractivity contribution in [3.8, 4) is 0 Å². The van der Waals surface area contributed by atoms with Gasteiger partial charge in [-0.3, -0.25) is 4.79 Å². The number of fused-ring (bicyclic) bond motifs is 1. The van der Waals surface area contributed by atoms with Crippen molar-refractivity contribution in [1.82, 2.24) is 9.88 Å². The Morgan fingerprint density at radius 2 is 2.05 bits per heavy atom. The number of hydrogen-bond acceptors (Lipinski definition) is 4. The van der Waals surface area contributed by atoms with Crippen LogP contribution >= 0.6 is 0 Å². The summed E-state index contributed by atoms with van der Waals surface area (Å²) in [5.41, 5.74) is 1.53. The molecule has 1 aromatic carbocycles. The van der Waals surface area contributed by atoms with Crippen molar-refractivity contribution < 1.29 is 9.90 Å². The molecule has 1 amide bonds. The average molecular weight is 299 g/mol. The Balaban J connectivity index is 2.08. The van der Waals surface area contributed by atoms with Crippen LogP contribution in [0.1, 0.15) is 23.2 Å². The number of amides is 1. The van der Waals surface area contributed by atoms with Gasteiger partial charge in [0, 0.05) is 32.1 Å². The van der Waals surface area contributed by atoms with Crippen LogP contribution < -0.4 is 4.90 Å². The van der Waals surface area contributed by atoms with E-state index >= 15 is 0 Å². The van der Waals surface area contributed by atoms with Gasteiger partial charge in [0.1, 0.15) is 5.82 Å². The number of nitrogens with zero attached hydrogens (tertiary/aromatic N) is 3. The van der Waals surface area contributed by atoms with Crippen LogP contribution in [-0.4, -0.2) is 54.2 Å². The minimum absolute atomic E-state index is 0.0394. The normalized spacial score (nSPS) is 14.5. The molecule has 5 nitrogen and oxygen atoms in total. The summed E-state index contributed by atoms with van der Waals surface area (Å²) in [5, 5.41) is 10.0. The standard InChI is InChI=1S/C17H21N3O2/c1-19(10-11-21)17(22)14-12-13-6-2-3-7-15(13)18-16(14)20-8-4-5-9-20/h2-3,6-7,12,21H,4-5,8-11H2,1H3. The Bertz CT molecular complexity index is 681. The zero-order chi connectivity index (χ0) is 15.5. The molecule has 0 spiro atoms. The van der Waals surface area contributed by atoms with Gasteiger partial charge < -0.3 is 14.9 Å². The second-order valence-corrected chi connectivity index (χ2v) is 5.70. The molecule has 5 heteroatoms. The van der Waals surface area contributed by atoms with Crippen molar-refractivity contribution in [1.29, 1.82) is 0 Å². The van der Waals surface area contributed by atoms with Crippen LogP contribution in [0.25, 0.3) is 10.9 Å². The van der Waals surface area contributed by atoms with Crippen molar-refractivity contribution in [3.63, 3.8) is 0 Å². The number of rotatable bonds is 4. The number of carbonyl (C=O) groups excluding carboxylic acids is 1. The third-order valence-electron chi connectivity index (χ3n) is 4.12. The quantitative estimate of drug-likeness (QED) is 0.937. The lowest BCUT2D eigenvalue weighted by Crippen LogP contribution is -2.32. The molecular weight excluding hydrogens is 278 g/mol. The van der Waals surface area contributed by atoms with Crippen molar-refractivity contribution in [2.75, 3.05) is 38.2 Å². The summed E-state index contributed by atoms with van der Waals surface area (Å²) in [5.74, 6) is 0.681. The molecule has 116 valence electrons. The fourth-order valence-corrected chi connectivity index (χ4v) is 2.89. The van der Waals surface area contributed by atoms with E-state index in [2.05, 4.69) is 4.90 Å². The molecule has 1 N–H and O–H groups in total. The highest BCUT2D eigenvalue weighted by atomic mass is 16.3. The van der Waals surface area contributed by atoms with E-state index in [9.17, 15) is 4.79 Å². The predicted molar refractivity (Wildman–Crippen MR) is 87.2 cm³/mol. The lowest BCUT2D eigenvalue weighted by molar-refractivity contribution is 0.0767. The van der Waals surface area contributed by atoms with Gasteiger partial charge in [0.2, 0.25) is 0 Å². The first kappa shape index (κ1) is 14.8. The van der Waals surface area contributed by atoms with E-state index in [0.29, 0.717) is 12.1 Å². The molecule has 1 fully saturated rings. The van der Waals surface area contributed by atoms with Gasteiger partial charge >= 0.3 is 0 Å². The van der Waals surface area contributed by atoms with Crippen molar-refractivity contribution in [2.45, 2.75) is 12.8 Å². The van der Waals surface area contributed by atoms with Gasteiger partial charge in [-0.25, -0.2) is 4.98 Å². The second-order valence-electron chi connectivity index (χ2n) is 5.70. The molecule has 0 saturated carbocycles. The summed E-state index contributed by atoms with van der Waals surface area (Å²) in [7, 11) is 1.71. The fourth-order valence-electron chi connectivity index (χ4n) is 2.89. The third-order valence-corrected chi connectivity index (χ3v) is 4.12. The Kier molecular flexibility index (Phi) is 4.24. The second kappa shape index (κ2) is 6.32. The highest BCUT2D eigenvalue weighted by molar-refractivity contribution is 6.02. The molecule has 0 atom stereocenters. The minimum atomic E-state index is -0.0887. The van der Waals surface area contributed by atoms with E-state index in [1.807, 2.05) is 30.3 Å². The molecule has 2 heterocycles. The third kappa shape index (κ3) is 2.76. The van der Waals surface area contributed by atoms with E-state index in [1.165, 1.54) is 0 Å². The first-order chi connectivity index (χ1) is 10.7. The van der Waals surface area contributed by atoms with Gasteiger partial charge in [0.05, 0.1) is 17.7 Å². The van der Waals surface area contributed by atoms with Crippen molar-refractivity contribution >= 4 is 22.6 Å². The van der Waals surface area contributed by atoms with Gasteiger partial charge in [-0.15, -0.1) is 0 Å².